The average molecular weight is 329 g/mol. The lowest BCUT2D eigenvalue weighted by Gasteiger charge is -2.09. The molecule has 1 heterocycles. The normalized spacial score (nSPS) is 10.7. The van der Waals surface area contributed by atoms with Gasteiger partial charge in [-0.2, -0.15) is 5.10 Å². The monoisotopic (exact) mass is 328 g/mol. The Bertz CT molecular complexity index is 814. The van der Waals surface area contributed by atoms with Crippen LogP contribution in [0.25, 0.3) is 11.1 Å². The van der Waals surface area contributed by atoms with E-state index < -0.39 is 0 Å². The fraction of sp³-hybridized carbons (Fsp3) is 0.167. The average Bonchev–Trinajstić information content (AvgIpc) is 2.98. The molecule has 0 spiro atoms. The smallest absolute Gasteiger partial charge is 0.120 e. The molecule has 0 aliphatic rings. The van der Waals surface area contributed by atoms with Crippen LogP contribution in [0, 0.1) is 0 Å². The Morgan fingerprint density at radius 3 is 2.70 bits per heavy atom. The molecule has 0 aliphatic carbocycles. The molecule has 2 aromatic carbocycles. The number of hydrogen-bond acceptors (Lipinski definition) is 3. The molecule has 0 aliphatic heterocycles. The number of rotatable bonds is 5. The minimum atomic E-state index is -0.0621. The molecule has 23 heavy (non-hydrogen) atoms. The Hall–Kier alpha value is -2.30. The van der Waals surface area contributed by atoms with E-state index in [0.29, 0.717) is 11.6 Å². The van der Waals surface area contributed by atoms with Crippen molar-refractivity contribution in [2.75, 3.05) is 0 Å². The van der Waals surface area contributed by atoms with Crippen LogP contribution in [0.4, 0.5) is 0 Å². The van der Waals surface area contributed by atoms with Crippen LogP contribution >= 0.6 is 11.6 Å². The predicted octanol–water partition coefficient (Wildman–Crippen LogP) is 3.81. The summed E-state index contributed by atoms with van der Waals surface area (Å²) in [6.07, 6.45) is 3.72. The summed E-state index contributed by atoms with van der Waals surface area (Å²) in [6, 6.07) is 13.5. The molecular formula is C18H17ClN2O2. The van der Waals surface area contributed by atoms with Gasteiger partial charge in [-0.25, -0.2) is 0 Å². The zero-order valence-electron chi connectivity index (χ0n) is 12.7. The lowest BCUT2D eigenvalue weighted by atomic mass is 10.0. The molecule has 118 valence electrons. The van der Waals surface area contributed by atoms with Crippen LogP contribution in [-0.4, -0.2) is 14.9 Å². The highest BCUT2D eigenvalue weighted by Crippen LogP contribution is 2.28. The molecule has 0 atom stereocenters. The first-order valence-electron chi connectivity index (χ1n) is 7.26. The van der Waals surface area contributed by atoms with Crippen LogP contribution in [-0.2, 0) is 20.3 Å². The van der Waals surface area contributed by atoms with Gasteiger partial charge in [-0.05, 0) is 34.9 Å². The molecule has 0 fully saturated rings. The number of benzene rings is 2. The van der Waals surface area contributed by atoms with E-state index in [2.05, 4.69) is 5.10 Å². The summed E-state index contributed by atoms with van der Waals surface area (Å²) in [6.45, 7) is 0.412. The predicted molar refractivity (Wildman–Crippen MR) is 90.4 cm³/mol. The van der Waals surface area contributed by atoms with Crippen molar-refractivity contribution in [2.45, 2.75) is 13.2 Å². The number of aliphatic hydroxyl groups is 1. The summed E-state index contributed by atoms with van der Waals surface area (Å²) < 4.78 is 7.57. The third-order valence-electron chi connectivity index (χ3n) is 3.55. The van der Waals surface area contributed by atoms with Gasteiger partial charge in [-0.3, -0.25) is 4.68 Å². The second-order valence-corrected chi connectivity index (χ2v) is 5.71. The van der Waals surface area contributed by atoms with Crippen molar-refractivity contribution in [3.63, 3.8) is 0 Å². The van der Waals surface area contributed by atoms with Gasteiger partial charge in [0, 0.05) is 23.8 Å². The van der Waals surface area contributed by atoms with Gasteiger partial charge in [0.25, 0.3) is 0 Å². The number of hydrogen-bond donors (Lipinski definition) is 1. The molecule has 0 amide bonds. The van der Waals surface area contributed by atoms with Crippen molar-refractivity contribution >= 4 is 11.6 Å². The standard InChI is InChI=1S/C18H17ClN2O2/c1-21-10-13(9-20-21)12-23-17-4-2-3-14(7-17)15-5-6-16(11-22)18(19)8-15/h2-10,22H,11-12H2,1H3. The minimum absolute atomic E-state index is 0.0621. The molecule has 0 bridgehead atoms. The van der Waals surface area contributed by atoms with Crippen LogP contribution in [0.2, 0.25) is 5.02 Å². The van der Waals surface area contributed by atoms with Crippen molar-refractivity contribution in [1.82, 2.24) is 9.78 Å². The summed E-state index contributed by atoms with van der Waals surface area (Å²) in [7, 11) is 1.88. The summed E-state index contributed by atoms with van der Waals surface area (Å²) >= 11 is 6.16. The van der Waals surface area contributed by atoms with Crippen molar-refractivity contribution in [3.8, 4) is 16.9 Å². The van der Waals surface area contributed by atoms with Crippen LogP contribution in [0.15, 0.2) is 54.9 Å². The van der Waals surface area contributed by atoms with Gasteiger partial charge in [-0.15, -0.1) is 0 Å². The van der Waals surface area contributed by atoms with Gasteiger partial charge in [0.15, 0.2) is 0 Å². The summed E-state index contributed by atoms with van der Waals surface area (Å²) in [5.41, 5.74) is 3.74. The minimum Gasteiger partial charge on any atom is -0.489 e. The first-order valence-corrected chi connectivity index (χ1v) is 7.63. The molecule has 4 nitrogen and oxygen atoms in total. The van der Waals surface area contributed by atoms with Crippen molar-refractivity contribution in [1.29, 1.82) is 0 Å². The molecular weight excluding hydrogens is 312 g/mol. The Balaban J connectivity index is 1.78. The molecule has 1 N–H and O–H groups in total. The van der Waals surface area contributed by atoms with Crippen LogP contribution in [0.1, 0.15) is 11.1 Å². The number of halogens is 1. The lowest BCUT2D eigenvalue weighted by molar-refractivity contribution is 0.282. The maximum Gasteiger partial charge on any atom is 0.120 e. The third-order valence-corrected chi connectivity index (χ3v) is 3.91. The van der Waals surface area contributed by atoms with Crippen molar-refractivity contribution in [2.24, 2.45) is 7.05 Å². The highest BCUT2D eigenvalue weighted by Gasteiger charge is 2.05. The van der Waals surface area contributed by atoms with Gasteiger partial charge in [0.05, 0.1) is 12.8 Å². The van der Waals surface area contributed by atoms with E-state index in [1.807, 2.05) is 55.7 Å². The second kappa shape index (κ2) is 6.86. The quantitative estimate of drug-likeness (QED) is 0.774. The van der Waals surface area contributed by atoms with E-state index in [4.69, 9.17) is 16.3 Å². The SMILES string of the molecule is Cn1cc(COc2cccc(-c3ccc(CO)c(Cl)c3)c2)cn1. The molecule has 0 saturated heterocycles. The van der Waals surface area contributed by atoms with Crippen LogP contribution in [0.5, 0.6) is 5.75 Å². The van der Waals surface area contributed by atoms with Crippen LogP contribution < -0.4 is 4.74 Å². The number of aryl methyl sites for hydroxylation is 1. The topological polar surface area (TPSA) is 47.3 Å². The number of aliphatic hydroxyl groups excluding tert-OH is 1. The summed E-state index contributed by atoms with van der Waals surface area (Å²) in [5.74, 6) is 0.786. The molecule has 0 radical (unpaired) electrons. The van der Waals surface area contributed by atoms with E-state index >= 15 is 0 Å². The highest BCUT2D eigenvalue weighted by atomic mass is 35.5. The molecule has 3 aromatic rings. The van der Waals surface area contributed by atoms with E-state index in [1.54, 1.807) is 10.9 Å². The molecule has 0 unspecified atom stereocenters. The van der Waals surface area contributed by atoms with Gasteiger partial charge in [0.1, 0.15) is 12.4 Å². The Kier molecular flexibility index (Phi) is 4.65. The first kappa shape index (κ1) is 15.6. The molecule has 5 heteroatoms. The van der Waals surface area contributed by atoms with E-state index in [9.17, 15) is 5.11 Å². The maximum atomic E-state index is 9.19. The fourth-order valence-electron chi connectivity index (χ4n) is 2.33. The van der Waals surface area contributed by atoms with Gasteiger partial charge in [0.2, 0.25) is 0 Å². The van der Waals surface area contributed by atoms with Crippen LogP contribution in [0.3, 0.4) is 0 Å². The Morgan fingerprint density at radius 1 is 1.17 bits per heavy atom. The first-order chi connectivity index (χ1) is 11.2. The van der Waals surface area contributed by atoms with Crippen molar-refractivity contribution < 1.29 is 9.84 Å². The summed E-state index contributed by atoms with van der Waals surface area (Å²) in [5, 5.41) is 13.9. The fourth-order valence-corrected chi connectivity index (χ4v) is 2.57. The van der Waals surface area contributed by atoms with Gasteiger partial charge >= 0.3 is 0 Å². The maximum absolute atomic E-state index is 9.19. The summed E-state index contributed by atoms with van der Waals surface area (Å²) in [4.78, 5) is 0. The lowest BCUT2D eigenvalue weighted by Crippen LogP contribution is -1.94. The zero-order chi connectivity index (χ0) is 16.2. The van der Waals surface area contributed by atoms with Gasteiger partial charge < -0.3 is 9.84 Å². The second-order valence-electron chi connectivity index (χ2n) is 5.30. The van der Waals surface area contributed by atoms with E-state index in [-0.39, 0.29) is 6.61 Å². The number of aromatic nitrogens is 2. The van der Waals surface area contributed by atoms with E-state index in [1.165, 1.54) is 0 Å². The largest absolute Gasteiger partial charge is 0.489 e. The number of ether oxygens (including phenoxy) is 1. The zero-order valence-corrected chi connectivity index (χ0v) is 13.5. The molecule has 3 rings (SSSR count). The van der Waals surface area contributed by atoms with Crippen molar-refractivity contribution in [3.05, 3.63) is 71.0 Å². The Morgan fingerprint density at radius 2 is 2.00 bits per heavy atom. The Labute approximate surface area is 139 Å². The van der Waals surface area contributed by atoms with Gasteiger partial charge in [-0.1, -0.05) is 35.9 Å². The molecule has 0 saturated carbocycles. The third kappa shape index (κ3) is 3.73. The molecule has 1 aromatic heterocycles. The number of nitrogens with zero attached hydrogens (tertiary/aromatic N) is 2. The highest BCUT2D eigenvalue weighted by molar-refractivity contribution is 6.31. The van der Waals surface area contributed by atoms with E-state index in [0.717, 1.165) is 28.0 Å².